The number of rotatable bonds is 0. The summed E-state index contributed by atoms with van der Waals surface area (Å²) < 4.78 is 0. The van der Waals surface area contributed by atoms with E-state index in [1.165, 1.54) is 0 Å². The van der Waals surface area contributed by atoms with Crippen molar-refractivity contribution in [2.45, 2.75) is 20.8 Å². The second-order valence-electron chi connectivity index (χ2n) is 2.15. The lowest BCUT2D eigenvalue weighted by Gasteiger charge is -1.98. The SMILES string of the molecule is CC.Cc1cccc(N)c1C#N. The molecule has 0 atom stereocenters. The molecule has 0 aromatic heterocycles. The lowest BCUT2D eigenvalue weighted by atomic mass is 10.1. The van der Waals surface area contributed by atoms with Gasteiger partial charge < -0.3 is 5.73 Å². The predicted molar refractivity (Wildman–Crippen MR) is 51.7 cm³/mol. The predicted octanol–water partition coefficient (Wildman–Crippen LogP) is 2.48. The highest BCUT2D eigenvalue weighted by atomic mass is 14.6. The summed E-state index contributed by atoms with van der Waals surface area (Å²) in [5, 5.41) is 8.57. The van der Waals surface area contributed by atoms with Crippen LogP contribution in [-0.4, -0.2) is 0 Å². The number of benzene rings is 1. The smallest absolute Gasteiger partial charge is 0.102 e. The number of nitriles is 1. The molecule has 1 aromatic carbocycles. The average Bonchev–Trinajstić information content (AvgIpc) is 2.08. The normalized spacial score (nSPS) is 7.83. The van der Waals surface area contributed by atoms with Crippen LogP contribution in [0.3, 0.4) is 0 Å². The minimum absolute atomic E-state index is 0.558. The van der Waals surface area contributed by atoms with Gasteiger partial charge in [0, 0.05) is 5.69 Å². The molecule has 0 saturated heterocycles. The maximum Gasteiger partial charge on any atom is 0.102 e. The highest BCUT2D eigenvalue weighted by molar-refractivity contribution is 5.57. The van der Waals surface area contributed by atoms with Crippen LogP contribution < -0.4 is 5.73 Å². The van der Waals surface area contributed by atoms with E-state index in [9.17, 15) is 0 Å². The Morgan fingerprint density at radius 1 is 1.33 bits per heavy atom. The lowest BCUT2D eigenvalue weighted by molar-refractivity contribution is 1.40. The molecule has 0 spiro atoms. The minimum Gasteiger partial charge on any atom is -0.398 e. The van der Waals surface area contributed by atoms with E-state index in [2.05, 4.69) is 0 Å². The first-order chi connectivity index (χ1) is 5.75. The molecule has 1 rings (SSSR count). The number of anilines is 1. The number of aryl methyl sites for hydroxylation is 1. The zero-order valence-corrected chi connectivity index (χ0v) is 7.76. The van der Waals surface area contributed by atoms with Gasteiger partial charge in [-0.2, -0.15) is 5.26 Å². The lowest BCUT2D eigenvalue weighted by Crippen LogP contribution is -1.91. The number of hydrogen-bond acceptors (Lipinski definition) is 2. The summed E-state index contributed by atoms with van der Waals surface area (Å²) in [4.78, 5) is 0. The molecular weight excluding hydrogens is 148 g/mol. The Balaban J connectivity index is 0.000000561. The van der Waals surface area contributed by atoms with E-state index in [-0.39, 0.29) is 0 Å². The van der Waals surface area contributed by atoms with E-state index in [4.69, 9.17) is 11.0 Å². The summed E-state index contributed by atoms with van der Waals surface area (Å²) >= 11 is 0. The van der Waals surface area contributed by atoms with Crippen molar-refractivity contribution in [1.29, 1.82) is 5.26 Å². The van der Waals surface area contributed by atoms with Gasteiger partial charge in [0.2, 0.25) is 0 Å². The number of nitrogen functional groups attached to an aromatic ring is 1. The largest absolute Gasteiger partial charge is 0.398 e. The van der Waals surface area contributed by atoms with Crippen LogP contribution in [0.2, 0.25) is 0 Å². The standard InChI is InChI=1S/C8H8N2.C2H6/c1-6-3-2-4-8(10)7(6)5-9;1-2/h2-4H,10H2,1H3;1-2H3. The van der Waals surface area contributed by atoms with Crippen molar-refractivity contribution in [3.05, 3.63) is 29.3 Å². The van der Waals surface area contributed by atoms with Gasteiger partial charge in [-0.3, -0.25) is 0 Å². The molecule has 2 nitrogen and oxygen atoms in total. The molecule has 2 N–H and O–H groups in total. The second-order valence-corrected chi connectivity index (χ2v) is 2.15. The van der Waals surface area contributed by atoms with Crippen molar-refractivity contribution in [3.8, 4) is 6.07 Å². The van der Waals surface area contributed by atoms with Crippen molar-refractivity contribution in [2.75, 3.05) is 5.73 Å². The third-order valence-electron chi connectivity index (χ3n) is 1.42. The molecular formula is C10H14N2. The summed E-state index contributed by atoms with van der Waals surface area (Å²) in [5.74, 6) is 0. The molecule has 0 bridgehead atoms. The Labute approximate surface area is 73.6 Å². The Hall–Kier alpha value is -1.49. The van der Waals surface area contributed by atoms with Gasteiger partial charge in [0.1, 0.15) is 6.07 Å². The van der Waals surface area contributed by atoms with Crippen LogP contribution in [0.4, 0.5) is 5.69 Å². The molecule has 0 saturated carbocycles. The van der Waals surface area contributed by atoms with Gasteiger partial charge in [-0.25, -0.2) is 0 Å². The number of hydrogen-bond donors (Lipinski definition) is 1. The van der Waals surface area contributed by atoms with Crippen LogP contribution in [0.25, 0.3) is 0 Å². The van der Waals surface area contributed by atoms with Crippen LogP contribution in [0.5, 0.6) is 0 Å². The van der Waals surface area contributed by atoms with Gasteiger partial charge in [0.05, 0.1) is 5.56 Å². The quantitative estimate of drug-likeness (QED) is 0.596. The Morgan fingerprint density at radius 3 is 2.25 bits per heavy atom. The molecule has 0 radical (unpaired) electrons. The Morgan fingerprint density at radius 2 is 1.92 bits per heavy atom. The van der Waals surface area contributed by atoms with Crippen LogP contribution >= 0.6 is 0 Å². The van der Waals surface area contributed by atoms with Gasteiger partial charge in [-0.15, -0.1) is 0 Å². The highest BCUT2D eigenvalue weighted by Crippen LogP contribution is 2.13. The summed E-state index contributed by atoms with van der Waals surface area (Å²) in [5.41, 5.74) is 7.59. The molecule has 0 unspecified atom stereocenters. The third kappa shape index (κ3) is 2.28. The Bertz CT molecular complexity index is 264. The first-order valence-electron chi connectivity index (χ1n) is 4.01. The van der Waals surface area contributed by atoms with Crippen LogP contribution in [0.15, 0.2) is 18.2 Å². The molecule has 0 aliphatic carbocycles. The summed E-state index contributed by atoms with van der Waals surface area (Å²) in [7, 11) is 0. The number of nitrogens with two attached hydrogens (primary N) is 1. The fraction of sp³-hybridized carbons (Fsp3) is 0.300. The summed E-state index contributed by atoms with van der Waals surface area (Å²) in [6, 6.07) is 7.48. The van der Waals surface area contributed by atoms with Crippen molar-refractivity contribution in [1.82, 2.24) is 0 Å². The molecule has 0 aliphatic heterocycles. The fourth-order valence-electron chi connectivity index (χ4n) is 0.843. The third-order valence-corrected chi connectivity index (χ3v) is 1.42. The first-order valence-corrected chi connectivity index (χ1v) is 4.01. The zero-order chi connectivity index (χ0) is 9.56. The van der Waals surface area contributed by atoms with E-state index in [1.807, 2.05) is 39.0 Å². The molecule has 0 heterocycles. The van der Waals surface area contributed by atoms with Crippen molar-refractivity contribution < 1.29 is 0 Å². The first kappa shape index (κ1) is 10.5. The highest BCUT2D eigenvalue weighted by Gasteiger charge is 1.98. The topological polar surface area (TPSA) is 49.8 Å². The van der Waals surface area contributed by atoms with Gasteiger partial charge in [0.25, 0.3) is 0 Å². The molecule has 2 heteroatoms. The van der Waals surface area contributed by atoms with Gasteiger partial charge in [-0.1, -0.05) is 26.0 Å². The molecule has 1 aromatic rings. The number of nitrogens with zero attached hydrogens (tertiary/aromatic N) is 1. The minimum atomic E-state index is 0.558. The van der Waals surface area contributed by atoms with Crippen molar-refractivity contribution in [3.63, 3.8) is 0 Å². The maximum atomic E-state index is 8.57. The monoisotopic (exact) mass is 162 g/mol. The van der Waals surface area contributed by atoms with Gasteiger partial charge in [-0.05, 0) is 18.6 Å². The zero-order valence-electron chi connectivity index (χ0n) is 7.76. The van der Waals surface area contributed by atoms with E-state index < -0.39 is 0 Å². The van der Waals surface area contributed by atoms with Gasteiger partial charge >= 0.3 is 0 Å². The molecule has 12 heavy (non-hydrogen) atoms. The molecule has 0 aliphatic rings. The van der Waals surface area contributed by atoms with E-state index in [0.717, 1.165) is 5.56 Å². The van der Waals surface area contributed by atoms with Gasteiger partial charge in [0.15, 0.2) is 0 Å². The van der Waals surface area contributed by atoms with E-state index >= 15 is 0 Å². The molecule has 0 amide bonds. The average molecular weight is 162 g/mol. The van der Waals surface area contributed by atoms with E-state index in [0.29, 0.717) is 11.3 Å². The van der Waals surface area contributed by atoms with Crippen molar-refractivity contribution >= 4 is 5.69 Å². The maximum absolute atomic E-state index is 8.57. The summed E-state index contributed by atoms with van der Waals surface area (Å²) in [6.07, 6.45) is 0. The van der Waals surface area contributed by atoms with Crippen LogP contribution in [0.1, 0.15) is 25.0 Å². The van der Waals surface area contributed by atoms with Crippen molar-refractivity contribution in [2.24, 2.45) is 0 Å². The van der Waals surface area contributed by atoms with Crippen LogP contribution in [-0.2, 0) is 0 Å². The molecule has 0 fully saturated rings. The second kappa shape index (κ2) is 5.20. The van der Waals surface area contributed by atoms with Crippen LogP contribution in [0, 0.1) is 18.3 Å². The molecule has 64 valence electrons. The fourth-order valence-corrected chi connectivity index (χ4v) is 0.843. The summed E-state index contributed by atoms with van der Waals surface area (Å²) in [6.45, 7) is 5.87. The Kier molecular flexibility index (Phi) is 4.55. The van der Waals surface area contributed by atoms with E-state index in [1.54, 1.807) is 6.07 Å².